The zero-order valence-corrected chi connectivity index (χ0v) is 8.85. The van der Waals surface area contributed by atoms with E-state index in [9.17, 15) is 9.18 Å². The number of aryl methyl sites for hydroxylation is 2. The minimum Gasteiger partial charge on any atom is -0.450 e. The average Bonchev–Trinajstić information content (AvgIpc) is 2.51. The van der Waals surface area contributed by atoms with E-state index in [1.54, 1.807) is 13.0 Å². The minimum atomic E-state index is -0.425. The van der Waals surface area contributed by atoms with Crippen LogP contribution in [0.1, 0.15) is 28.6 Å². The molecule has 1 aromatic heterocycles. The van der Waals surface area contributed by atoms with Crippen LogP contribution in [0.4, 0.5) is 4.39 Å². The third-order valence-electron chi connectivity index (χ3n) is 2.56. The standard InChI is InChI=1S/C12H11FO2/c1-6-4-5-9(13)12-10(6)7(2)11(15-12)8(3)14/h4-5H,1-3H3. The lowest BCUT2D eigenvalue weighted by molar-refractivity contribution is 0.0988. The number of benzene rings is 1. The van der Waals surface area contributed by atoms with Crippen molar-refractivity contribution in [2.45, 2.75) is 20.8 Å². The lowest BCUT2D eigenvalue weighted by atomic mass is 10.1. The summed E-state index contributed by atoms with van der Waals surface area (Å²) < 4.78 is 18.7. The normalized spacial score (nSPS) is 10.9. The first-order chi connectivity index (χ1) is 7.02. The maximum Gasteiger partial charge on any atom is 0.195 e. The highest BCUT2D eigenvalue weighted by atomic mass is 19.1. The van der Waals surface area contributed by atoms with Crippen LogP contribution in [0.25, 0.3) is 11.0 Å². The molecule has 0 aliphatic carbocycles. The number of furan rings is 1. The number of hydrogen-bond donors (Lipinski definition) is 0. The first-order valence-electron chi connectivity index (χ1n) is 4.71. The molecule has 2 nitrogen and oxygen atoms in total. The quantitative estimate of drug-likeness (QED) is 0.669. The van der Waals surface area contributed by atoms with E-state index in [4.69, 9.17) is 4.42 Å². The van der Waals surface area contributed by atoms with Gasteiger partial charge in [-0.05, 0) is 25.5 Å². The van der Waals surface area contributed by atoms with Crippen molar-refractivity contribution >= 4 is 16.8 Å². The third kappa shape index (κ3) is 1.35. The van der Waals surface area contributed by atoms with Gasteiger partial charge in [-0.3, -0.25) is 4.79 Å². The number of rotatable bonds is 1. The third-order valence-corrected chi connectivity index (χ3v) is 2.56. The number of carbonyl (C=O) groups is 1. The van der Waals surface area contributed by atoms with Gasteiger partial charge in [-0.1, -0.05) is 6.07 Å². The van der Waals surface area contributed by atoms with Crippen LogP contribution < -0.4 is 0 Å². The number of Topliss-reactive ketones (excluding diaryl/α,β-unsaturated/α-hetero) is 1. The molecule has 0 fully saturated rings. The molecule has 0 radical (unpaired) electrons. The van der Waals surface area contributed by atoms with Gasteiger partial charge in [0.05, 0.1) is 0 Å². The molecule has 0 amide bonds. The van der Waals surface area contributed by atoms with Crippen molar-refractivity contribution < 1.29 is 13.6 Å². The summed E-state index contributed by atoms with van der Waals surface area (Å²) in [6, 6.07) is 3.04. The molecule has 0 unspecified atom stereocenters. The van der Waals surface area contributed by atoms with Crippen LogP contribution in [0.3, 0.4) is 0 Å². The fourth-order valence-electron chi connectivity index (χ4n) is 1.85. The molecule has 3 heteroatoms. The Hall–Kier alpha value is -1.64. The van der Waals surface area contributed by atoms with Gasteiger partial charge in [-0.2, -0.15) is 0 Å². The van der Waals surface area contributed by atoms with Gasteiger partial charge in [0.15, 0.2) is 22.9 Å². The number of hydrogen-bond acceptors (Lipinski definition) is 2. The van der Waals surface area contributed by atoms with Gasteiger partial charge in [-0.25, -0.2) is 4.39 Å². The van der Waals surface area contributed by atoms with Crippen LogP contribution in [-0.2, 0) is 0 Å². The Balaban J connectivity index is 2.93. The summed E-state index contributed by atoms with van der Waals surface area (Å²) in [7, 11) is 0. The largest absolute Gasteiger partial charge is 0.450 e. The number of halogens is 1. The Morgan fingerprint density at radius 1 is 1.33 bits per heavy atom. The molecule has 0 aliphatic heterocycles. The molecule has 0 atom stereocenters. The molecule has 0 N–H and O–H groups in total. The van der Waals surface area contributed by atoms with Crippen molar-refractivity contribution in [1.82, 2.24) is 0 Å². The number of ketones is 1. The van der Waals surface area contributed by atoms with Crippen molar-refractivity contribution in [3.63, 3.8) is 0 Å². The van der Waals surface area contributed by atoms with E-state index < -0.39 is 5.82 Å². The van der Waals surface area contributed by atoms with Gasteiger partial charge in [0.1, 0.15) is 0 Å². The molecule has 0 spiro atoms. The molecule has 2 aromatic rings. The monoisotopic (exact) mass is 206 g/mol. The summed E-state index contributed by atoms with van der Waals surface area (Å²) in [5.74, 6) is -0.355. The molecule has 1 heterocycles. The number of fused-ring (bicyclic) bond motifs is 1. The molecular formula is C12H11FO2. The maximum absolute atomic E-state index is 13.4. The first-order valence-corrected chi connectivity index (χ1v) is 4.71. The van der Waals surface area contributed by atoms with E-state index in [1.165, 1.54) is 13.0 Å². The molecule has 2 rings (SSSR count). The molecule has 78 valence electrons. The summed E-state index contributed by atoms with van der Waals surface area (Å²) in [6.07, 6.45) is 0. The lowest BCUT2D eigenvalue weighted by Gasteiger charge is -1.96. The average molecular weight is 206 g/mol. The summed E-state index contributed by atoms with van der Waals surface area (Å²) in [5, 5.41) is 0.709. The second-order valence-corrected chi connectivity index (χ2v) is 3.68. The second-order valence-electron chi connectivity index (χ2n) is 3.68. The van der Waals surface area contributed by atoms with Gasteiger partial charge in [0, 0.05) is 17.9 Å². The molecular weight excluding hydrogens is 195 g/mol. The maximum atomic E-state index is 13.4. The summed E-state index contributed by atoms with van der Waals surface area (Å²) >= 11 is 0. The predicted molar refractivity (Wildman–Crippen MR) is 55.7 cm³/mol. The van der Waals surface area contributed by atoms with E-state index >= 15 is 0 Å². The summed E-state index contributed by atoms with van der Waals surface area (Å²) in [5.41, 5.74) is 1.81. The molecule has 1 aromatic carbocycles. The highest BCUT2D eigenvalue weighted by Crippen LogP contribution is 2.30. The predicted octanol–water partition coefficient (Wildman–Crippen LogP) is 3.39. The van der Waals surface area contributed by atoms with E-state index in [1.807, 2.05) is 6.92 Å². The van der Waals surface area contributed by atoms with Gasteiger partial charge < -0.3 is 4.42 Å². The van der Waals surface area contributed by atoms with Crippen molar-refractivity contribution in [3.05, 3.63) is 34.8 Å². The highest BCUT2D eigenvalue weighted by Gasteiger charge is 2.17. The zero-order valence-electron chi connectivity index (χ0n) is 8.85. The summed E-state index contributed by atoms with van der Waals surface area (Å²) in [6.45, 7) is 5.06. The van der Waals surface area contributed by atoms with Gasteiger partial charge in [-0.15, -0.1) is 0 Å². The lowest BCUT2D eigenvalue weighted by Crippen LogP contribution is -1.90. The fraction of sp³-hybridized carbons (Fsp3) is 0.250. The van der Waals surface area contributed by atoms with Gasteiger partial charge in [0.2, 0.25) is 0 Å². The summed E-state index contributed by atoms with van der Waals surface area (Å²) in [4.78, 5) is 11.2. The van der Waals surface area contributed by atoms with Gasteiger partial charge in [0.25, 0.3) is 0 Å². The Bertz CT molecular complexity index is 552. The van der Waals surface area contributed by atoms with Crippen LogP contribution in [-0.4, -0.2) is 5.78 Å². The SMILES string of the molecule is CC(=O)c1oc2c(F)ccc(C)c2c1C. The van der Waals surface area contributed by atoms with Crippen LogP contribution in [0.2, 0.25) is 0 Å². The van der Waals surface area contributed by atoms with E-state index in [0.29, 0.717) is 5.39 Å². The first kappa shape index (κ1) is 9.90. The fourth-order valence-corrected chi connectivity index (χ4v) is 1.85. The molecule has 0 saturated carbocycles. The molecule has 0 bridgehead atoms. The Kier molecular flexibility index (Phi) is 2.11. The Labute approximate surface area is 86.7 Å². The number of carbonyl (C=O) groups excluding carboxylic acids is 1. The van der Waals surface area contributed by atoms with Crippen molar-refractivity contribution in [1.29, 1.82) is 0 Å². The Morgan fingerprint density at radius 2 is 2.00 bits per heavy atom. The van der Waals surface area contributed by atoms with Crippen LogP contribution >= 0.6 is 0 Å². The minimum absolute atomic E-state index is 0.178. The van der Waals surface area contributed by atoms with Crippen LogP contribution in [0.5, 0.6) is 0 Å². The topological polar surface area (TPSA) is 30.2 Å². The molecule has 15 heavy (non-hydrogen) atoms. The van der Waals surface area contributed by atoms with Crippen LogP contribution in [0.15, 0.2) is 16.5 Å². The van der Waals surface area contributed by atoms with E-state index in [-0.39, 0.29) is 17.1 Å². The van der Waals surface area contributed by atoms with Crippen LogP contribution in [0, 0.1) is 19.7 Å². The smallest absolute Gasteiger partial charge is 0.195 e. The van der Waals surface area contributed by atoms with Crippen molar-refractivity contribution in [3.8, 4) is 0 Å². The van der Waals surface area contributed by atoms with E-state index in [2.05, 4.69) is 0 Å². The highest BCUT2D eigenvalue weighted by molar-refractivity contribution is 5.99. The molecule has 0 aliphatic rings. The van der Waals surface area contributed by atoms with Crippen molar-refractivity contribution in [2.75, 3.05) is 0 Å². The second kappa shape index (κ2) is 3.19. The van der Waals surface area contributed by atoms with Gasteiger partial charge >= 0.3 is 0 Å². The molecule has 0 saturated heterocycles. The zero-order chi connectivity index (χ0) is 11.2. The van der Waals surface area contributed by atoms with Crippen molar-refractivity contribution in [2.24, 2.45) is 0 Å². The Morgan fingerprint density at radius 3 is 2.53 bits per heavy atom. The van der Waals surface area contributed by atoms with E-state index in [0.717, 1.165) is 11.1 Å².